The second kappa shape index (κ2) is 7.97. The van der Waals surface area contributed by atoms with Gasteiger partial charge in [0.15, 0.2) is 0 Å². The number of halogens is 1. The zero-order chi connectivity index (χ0) is 13.4. The van der Waals surface area contributed by atoms with E-state index in [2.05, 4.69) is 26.6 Å². The highest BCUT2D eigenvalue weighted by Gasteiger charge is 2.04. The summed E-state index contributed by atoms with van der Waals surface area (Å²) in [4.78, 5) is 11.4. The van der Waals surface area contributed by atoms with Crippen molar-refractivity contribution in [3.63, 3.8) is 0 Å². The zero-order valence-corrected chi connectivity index (χ0v) is 12.3. The molecule has 100 valence electrons. The van der Waals surface area contributed by atoms with Crippen LogP contribution in [0.15, 0.2) is 28.7 Å². The monoisotopic (exact) mass is 314 g/mol. The molecule has 0 saturated carbocycles. The van der Waals surface area contributed by atoms with Crippen LogP contribution >= 0.6 is 15.9 Å². The van der Waals surface area contributed by atoms with Crippen molar-refractivity contribution in [1.82, 2.24) is 10.6 Å². The SMILES string of the molecule is CCC(C)NC(=O)NCCOc1ccccc1Br. The van der Waals surface area contributed by atoms with Crippen LogP contribution in [0.1, 0.15) is 20.3 Å². The lowest BCUT2D eigenvalue weighted by Gasteiger charge is -2.13. The van der Waals surface area contributed by atoms with E-state index in [0.29, 0.717) is 13.2 Å². The Kier molecular flexibility index (Phi) is 6.57. The Morgan fingerprint density at radius 2 is 2.17 bits per heavy atom. The molecule has 0 bridgehead atoms. The molecule has 5 heteroatoms. The first kappa shape index (κ1) is 14.8. The fourth-order valence-electron chi connectivity index (χ4n) is 1.26. The van der Waals surface area contributed by atoms with Crippen LogP contribution < -0.4 is 15.4 Å². The van der Waals surface area contributed by atoms with Crippen LogP contribution in [-0.4, -0.2) is 25.2 Å². The molecular weight excluding hydrogens is 296 g/mol. The Morgan fingerprint density at radius 1 is 1.44 bits per heavy atom. The first-order valence-electron chi connectivity index (χ1n) is 6.05. The maximum atomic E-state index is 11.4. The number of para-hydroxylation sites is 1. The van der Waals surface area contributed by atoms with Crippen molar-refractivity contribution in [1.29, 1.82) is 0 Å². The lowest BCUT2D eigenvalue weighted by molar-refractivity contribution is 0.233. The summed E-state index contributed by atoms with van der Waals surface area (Å²) in [5.74, 6) is 0.779. The number of amides is 2. The van der Waals surface area contributed by atoms with Crippen molar-refractivity contribution in [2.45, 2.75) is 26.3 Å². The fourth-order valence-corrected chi connectivity index (χ4v) is 1.66. The van der Waals surface area contributed by atoms with Gasteiger partial charge in [-0.25, -0.2) is 4.79 Å². The fraction of sp³-hybridized carbons (Fsp3) is 0.462. The van der Waals surface area contributed by atoms with Crippen LogP contribution in [0.3, 0.4) is 0 Å². The van der Waals surface area contributed by atoms with E-state index in [9.17, 15) is 4.79 Å². The molecule has 0 saturated heterocycles. The minimum atomic E-state index is -0.153. The van der Waals surface area contributed by atoms with E-state index in [1.807, 2.05) is 38.1 Å². The van der Waals surface area contributed by atoms with Crippen molar-refractivity contribution in [3.8, 4) is 5.75 Å². The predicted octanol–water partition coefficient (Wildman–Crippen LogP) is 2.93. The maximum absolute atomic E-state index is 11.4. The molecule has 18 heavy (non-hydrogen) atoms. The summed E-state index contributed by atoms with van der Waals surface area (Å²) in [5, 5.41) is 5.57. The molecule has 1 rings (SSSR count). The van der Waals surface area contributed by atoms with Gasteiger partial charge in [0.25, 0.3) is 0 Å². The summed E-state index contributed by atoms with van der Waals surface area (Å²) < 4.78 is 6.44. The van der Waals surface area contributed by atoms with Gasteiger partial charge in [-0.1, -0.05) is 19.1 Å². The van der Waals surface area contributed by atoms with Crippen molar-refractivity contribution in [2.24, 2.45) is 0 Å². The van der Waals surface area contributed by atoms with Crippen LogP contribution in [0, 0.1) is 0 Å². The second-order valence-corrected chi connectivity index (χ2v) is 4.84. The number of hydrogen-bond donors (Lipinski definition) is 2. The predicted molar refractivity (Wildman–Crippen MR) is 75.9 cm³/mol. The van der Waals surface area contributed by atoms with Crippen molar-refractivity contribution < 1.29 is 9.53 Å². The van der Waals surface area contributed by atoms with E-state index in [0.717, 1.165) is 16.6 Å². The Hall–Kier alpha value is -1.23. The Morgan fingerprint density at radius 3 is 2.83 bits per heavy atom. The molecule has 0 aliphatic rings. The minimum absolute atomic E-state index is 0.153. The molecule has 0 aromatic heterocycles. The quantitative estimate of drug-likeness (QED) is 0.793. The minimum Gasteiger partial charge on any atom is -0.491 e. The van der Waals surface area contributed by atoms with Gasteiger partial charge in [0.05, 0.1) is 11.0 Å². The van der Waals surface area contributed by atoms with Crippen molar-refractivity contribution >= 4 is 22.0 Å². The van der Waals surface area contributed by atoms with Crippen LogP contribution in [0.5, 0.6) is 5.75 Å². The van der Waals surface area contributed by atoms with E-state index < -0.39 is 0 Å². The number of carbonyl (C=O) groups excluding carboxylic acids is 1. The molecule has 0 radical (unpaired) electrons. The third-order valence-electron chi connectivity index (χ3n) is 2.47. The van der Waals surface area contributed by atoms with Crippen LogP contribution in [0.4, 0.5) is 4.79 Å². The highest BCUT2D eigenvalue weighted by atomic mass is 79.9. The summed E-state index contributed by atoms with van der Waals surface area (Å²) in [6.45, 7) is 4.91. The molecule has 1 atom stereocenters. The number of rotatable bonds is 6. The van der Waals surface area contributed by atoms with Crippen molar-refractivity contribution in [2.75, 3.05) is 13.2 Å². The first-order valence-corrected chi connectivity index (χ1v) is 6.84. The Labute approximate surface area is 116 Å². The number of nitrogens with one attached hydrogen (secondary N) is 2. The lowest BCUT2D eigenvalue weighted by atomic mass is 10.3. The topological polar surface area (TPSA) is 50.4 Å². The number of carbonyl (C=O) groups is 1. The normalized spacial score (nSPS) is 11.7. The Balaban J connectivity index is 2.19. The number of urea groups is 1. The lowest BCUT2D eigenvalue weighted by Crippen LogP contribution is -2.41. The average Bonchev–Trinajstić information content (AvgIpc) is 2.36. The summed E-state index contributed by atoms with van der Waals surface area (Å²) >= 11 is 3.39. The molecule has 4 nitrogen and oxygen atoms in total. The molecule has 0 fully saturated rings. The van der Waals surface area contributed by atoms with Gasteiger partial charge in [-0.15, -0.1) is 0 Å². The van der Waals surface area contributed by atoms with Gasteiger partial charge in [-0.2, -0.15) is 0 Å². The molecule has 0 spiro atoms. The molecular formula is C13H19BrN2O2. The van der Waals surface area contributed by atoms with Crippen LogP contribution in [-0.2, 0) is 0 Å². The zero-order valence-electron chi connectivity index (χ0n) is 10.7. The molecule has 1 aromatic rings. The highest BCUT2D eigenvalue weighted by Crippen LogP contribution is 2.23. The van der Waals surface area contributed by atoms with Gasteiger partial charge >= 0.3 is 6.03 Å². The van der Waals surface area contributed by atoms with E-state index in [1.165, 1.54) is 0 Å². The van der Waals surface area contributed by atoms with Gasteiger partial charge in [0, 0.05) is 6.04 Å². The number of hydrogen-bond acceptors (Lipinski definition) is 2. The third-order valence-corrected chi connectivity index (χ3v) is 3.13. The summed E-state index contributed by atoms with van der Waals surface area (Å²) in [5.41, 5.74) is 0. The van der Waals surface area contributed by atoms with Gasteiger partial charge in [0.2, 0.25) is 0 Å². The van der Waals surface area contributed by atoms with E-state index in [4.69, 9.17) is 4.74 Å². The van der Waals surface area contributed by atoms with E-state index in [-0.39, 0.29) is 12.1 Å². The molecule has 2 N–H and O–H groups in total. The van der Waals surface area contributed by atoms with Gasteiger partial charge in [-0.05, 0) is 41.4 Å². The maximum Gasteiger partial charge on any atom is 0.315 e. The smallest absolute Gasteiger partial charge is 0.315 e. The standard InChI is InChI=1S/C13H19BrN2O2/c1-3-10(2)16-13(17)15-8-9-18-12-7-5-4-6-11(12)14/h4-7,10H,3,8-9H2,1-2H3,(H2,15,16,17). The Bertz CT molecular complexity index is 385. The molecule has 2 amide bonds. The molecule has 0 aliphatic carbocycles. The van der Waals surface area contributed by atoms with Crippen LogP contribution in [0.25, 0.3) is 0 Å². The first-order chi connectivity index (χ1) is 8.63. The summed E-state index contributed by atoms with van der Waals surface area (Å²) in [6.07, 6.45) is 0.918. The molecule has 1 aromatic carbocycles. The van der Waals surface area contributed by atoms with E-state index >= 15 is 0 Å². The van der Waals surface area contributed by atoms with E-state index in [1.54, 1.807) is 0 Å². The summed E-state index contributed by atoms with van der Waals surface area (Å²) in [7, 11) is 0. The van der Waals surface area contributed by atoms with Crippen molar-refractivity contribution in [3.05, 3.63) is 28.7 Å². The largest absolute Gasteiger partial charge is 0.491 e. The summed E-state index contributed by atoms with van der Waals surface area (Å²) in [6, 6.07) is 7.66. The number of benzene rings is 1. The molecule has 1 unspecified atom stereocenters. The number of ether oxygens (including phenoxy) is 1. The van der Waals surface area contributed by atoms with Gasteiger partial charge in [-0.3, -0.25) is 0 Å². The highest BCUT2D eigenvalue weighted by molar-refractivity contribution is 9.10. The third kappa shape index (κ3) is 5.40. The average molecular weight is 315 g/mol. The molecule has 0 aliphatic heterocycles. The molecule has 0 heterocycles. The van der Waals surface area contributed by atoms with Gasteiger partial charge < -0.3 is 15.4 Å². The van der Waals surface area contributed by atoms with Gasteiger partial charge in [0.1, 0.15) is 12.4 Å². The second-order valence-electron chi connectivity index (χ2n) is 3.99. The van der Waals surface area contributed by atoms with Crippen LogP contribution in [0.2, 0.25) is 0 Å².